The Bertz CT molecular complexity index is 2610. The van der Waals surface area contributed by atoms with Crippen molar-refractivity contribution in [3.63, 3.8) is 0 Å². The number of hydrogen-bond acceptors (Lipinski definition) is 0. The second-order valence-electron chi connectivity index (χ2n) is 10.6. The maximum Gasteiger partial charge on any atom is 0.0629 e. The lowest BCUT2D eigenvalue weighted by Gasteiger charge is -2.15. The van der Waals surface area contributed by atoms with Crippen LogP contribution in [0.4, 0.5) is 0 Å². The van der Waals surface area contributed by atoms with Crippen molar-refractivity contribution in [3.05, 3.63) is 145 Å². The summed E-state index contributed by atoms with van der Waals surface area (Å²) >= 11 is 0. The highest BCUT2D eigenvalue weighted by atomic mass is 14.2. The molecule has 0 aliphatic carbocycles. The normalized spacial score (nSPS) is 13.4. The highest BCUT2D eigenvalue weighted by Crippen LogP contribution is 2.40. The molecule has 0 spiro atoms. The fraction of sp³-hybridized carbons (Fsp3) is 0. The molecule has 0 fully saturated rings. The van der Waals surface area contributed by atoms with E-state index in [1.165, 1.54) is 5.39 Å². The van der Waals surface area contributed by atoms with Gasteiger partial charge in [-0.2, -0.15) is 0 Å². The van der Waals surface area contributed by atoms with Crippen LogP contribution in [0.5, 0.6) is 0 Å². The van der Waals surface area contributed by atoms with Crippen LogP contribution in [-0.4, -0.2) is 0 Å². The number of hydrogen-bond donors (Lipinski definition) is 0. The van der Waals surface area contributed by atoms with Crippen LogP contribution in [0.25, 0.3) is 86.9 Å². The molecule has 0 saturated carbocycles. The molecule has 0 aliphatic rings. The van der Waals surface area contributed by atoms with Crippen LogP contribution in [0.2, 0.25) is 0 Å². The molecule has 0 aromatic heterocycles. The van der Waals surface area contributed by atoms with Gasteiger partial charge in [-0.1, -0.05) is 133 Å². The Morgan fingerprint density at radius 3 is 1.65 bits per heavy atom. The standard InChI is InChI=1S/C40H24/c1-2-6-31-24-38-32(23-30(31)5-1)19-21-36-33(9-4-10-35(36)38)25-11-13-26(14-12-25)34-20-17-29-16-15-27-7-3-8-28-18-22-37(34)40(29)39(27)28/h1-24H/i11D,12D,13D,14D. The summed E-state index contributed by atoms with van der Waals surface area (Å²) in [4.78, 5) is 0. The van der Waals surface area contributed by atoms with Crippen LogP contribution in [0, 0.1) is 0 Å². The van der Waals surface area contributed by atoms with Crippen molar-refractivity contribution in [3.8, 4) is 22.3 Å². The second-order valence-corrected chi connectivity index (χ2v) is 10.6. The molecule has 0 aliphatic heterocycles. The monoisotopic (exact) mass is 508 g/mol. The first-order chi connectivity index (χ1) is 21.5. The molecule has 0 heteroatoms. The zero-order valence-corrected chi connectivity index (χ0v) is 21.5. The van der Waals surface area contributed by atoms with E-state index >= 15 is 0 Å². The first-order valence-electron chi connectivity index (χ1n) is 15.6. The molecule has 0 unspecified atom stereocenters. The van der Waals surface area contributed by atoms with Crippen LogP contribution < -0.4 is 0 Å². The lowest BCUT2D eigenvalue weighted by Crippen LogP contribution is -1.88. The third-order valence-electron chi connectivity index (χ3n) is 8.44. The van der Waals surface area contributed by atoms with Gasteiger partial charge in [-0.05, 0) is 99.0 Å². The maximum absolute atomic E-state index is 9.23. The summed E-state index contributed by atoms with van der Waals surface area (Å²) in [6, 6.07) is 41.3. The predicted molar refractivity (Wildman–Crippen MR) is 174 cm³/mol. The topological polar surface area (TPSA) is 0 Å². The lowest BCUT2D eigenvalue weighted by atomic mass is 9.89. The van der Waals surface area contributed by atoms with Crippen molar-refractivity contribution in [1.82, 2.24) is 0 Å². The van der Waals surface area contributed by atoms with Crippen molar-refractivity contribution >= 4 is 64.6 Å². The average Bonchev–Trinajstić information content (AvgIpc) is 3.06. The minimum Gasteiger partial charge on any atom is -0.0616 e. The highest BCUT2D eigenvalue weighted by Gasteiger charge is 2.13. The fourth-order valence-electron chi connectivity index (χ4n) is 6.53. The largest absolute Gasteiger partial charge is 0.0629 e. The minimum atomic E-state index is -0.0298. The van der Waals surface area contributed by atoms with E-state index in [2.05, 4.69) is 78.9 Å². The van der Waals surface area contributed by atoms with E-state index in [-0.39, 0.29) is 24.2 Å². The van der Waals surface area contributed by atoms with Gasteiger partial charge < -0.3 is 0 Å². The van der Waals surface area contributed by atoms with Crippen molar-refractivity contribution in [1.29, 1.82) is 0 Å². The quantitative estimate of drug-likeness (QED) is 0.161. The van der Waals surface area contributed by atoms with E-state index in [4.69, 9.17) is 0 Å². The van der Waals surface area contributed by atoms with Gasteiger partial charge in [0.05, 0.1) is 5.48 Å². The molecule has 0 N–H and O–H groups in total. The molecule has 9 aromatic rings. The van der Waals surface area contributed by atoms with E-state index in [0.717, 1.165) is 64.8 Å². The van der Waals surface area contributed by atoms with E-state index in [0.29, 0.717) is 16.7 Å². The molecule has 0 nitrogen and oxygen atoms in total. The summed E-state index contributed by atoms with van der Waals surface area (Å²) in [6.45, 7) is 0. The molecule has 9 aromatic carbocycles. The molecule has 0 saturated heterocycles. The van der Waals surface area contributed by atoms with E-state index in [1.807, 2.05) is 42.5 Å². The van der Waals surface area contributed by atoms with Crippen LogP contribution in [-0.2, 0) is 0 Å². The zero-order chi connectivity index (χ0) is 29.7. The van der Waals surface area contributed by atoms with Gasteiger partial charge >= 0.3 is 0 Å². The van der Waals surface area contributed by atoms with Crippen LogP contribution in [0.15, 0.2) is 145 Å². The zero-order valence-electron chi connectivity index (χ0n) is 25.5. The molecule has 40 heavy (non-hydrogen) atoms. The highest BCUT2D eigenvalue weighted by molar-refractivity contribution is 6.25. The summed E-state index contributed by atoms with van der Waals surface area (Å²) in [5.41, 5.74) is 2.08. The Balaban J connectivity index is 1.30. The molecule has 0 heterocycles. The van der Waals surface area contributed by atoms with Gasteiger partial charge in [-0.25, -0.2) is 0 Å². The molecule has 184 valence electrons. The summed E-state index contributed by atoms with van der Waals surface area (Å²) in [5.74, 6) is 0. The predicted octanol–water partition coefficient (Wildman–Crippen LogP) is 11.4. The number of rotatable bonds is 2. The van der Waals surface area contributed by atoms with E-state index < -0.39 is 0 Å². The van der Waals surface area contributed by atoms with Gasteiger partial charge in [0.2, 0.25) is 0 Å². The first-order valence-corrected chi connectivity index (χ1v) is 13.6. The average molecular weight is 509 g/mol. The smallest absolute Gasteiger partial charge is 0.0616 e. The van der Waals surface area contributed by atoms with Crippen LogP contribution in [0.1, 0.15) is 5.48 Å². The summed E-state index contributed by atoms with van der Waals surface area (Å²) in [7, 11) is 0. The third kappa shape index (κ3) is 3.08. The SMILES string of the molecule is [2H]c1c([2H])c(-c2ccc3ccc4cccc5ccc2c3c45)c([2H])c([2H])c1-c1cccc2c1ccc1cc3ccccc3cc12. The van der Waals surface area contributed by atoms with Crippen LogP contribution in [0.3, 0.4) is 0 Å². The Labute approximate surface area is 237 Å². The Kier molecular flexibility index (Phi) is 3.70. The third-order valence-corrected chi connectivity index (χ3v) is 8.44. The molecular weight excluding hydrogens is 480 g/mol. The molecule has 0 radical (unpaired) electrons. The summed E-state index contributed by atoms with van der Waals surface area (Å²) in [5, 5.41) is 13.1. The second kappa shape index (κ2) is 8.15. The van der Waals surface area contributed by atoms with Gasteiger partial charge in [-0.15, -0.1) is 0 Å². The lowest BCUT2D eigenvalue weighted by molar-refractivity contribution is 1.63. The van der Waals surface area contributed by atoms with Gasteiger partial charge in [0.25, 0.3) is 0 Å². The van der Waals surface area contributed by atoms with Gasteiger partial charge in [0.15, 0.2) is 0 Å². The number of benzene rings is 9. The number of fused-ring (bicyclic) bond motifs is 4. The van der Waals surface area contributed by atoms with Gasteiger partial charge in [0, 0.05) is 0 Å². The molecule has 0 atom stereocenters. The maximum atomic E-state index is 9.23. The Morgan fingerprint density at radius 1 is 0.325 bits per heavy atom. The minimum absolute atomic E-state index is 0.0279. The Morgan fingerprint density at radius 2 is 0.875 bits per heavy atom. The van der Waals surface area contributed by atoms with Gasteiger partial charge in [0.1, 0.15) is 0 Å². The van der Waals surface area contributed by atoms with Crippen molar-refractivity contribution < 1.29 is 5.48 Å². The fourth-order valence-corrected chi connectivity index (χ4v) is 6.53. The van der Waals surface area contributed by atoms with Crippen LogP contribution >= 0.6 is 0 Å². The summed E-state index contributed by atoms with van der Waals surface area (Å²) < 4.78 is 36.9. The van der Waals surface area contributed by atoms with Crippen molar-refractivity contribution in [2.24, 2.45) is 0 Å². The molecule has 9 rings (SSSR count). The summed E-state index contributed by atoms with van der Waals surface area (Å²) in [6.07, 6.45) is 0. The Hall–Kier alpha value is -5.20. The van der Waals surface area contributed by atoms with E-state index in [1.54, 1.807) is 0 Å². The molecule has 0 amide bonds. The van der Waals surface area contributed by atoms with Gasteiger partial charge in [-0.3, -0.25) is 0 Å². The molecule has 0 bridgehead atoms. The van der Waals surface area contributed by atoms with Crippen molar-refractivity contribution in [2.45, 2.75) is 0 Å². The first kappa shape index (κ1) is 18.2. The van der Waals surface area contributed by atoms with Crippen molar-refractivity contribution in [2.75, 3.05) is 0 Å². The van der Waals surface area contributed by atoms with E-state index in [9.17, 15) is 5.48 Å². The molecular formula is C40H24.